The number of alkyl halides is 3. The van der Waals surface area contributed by atoms with Gasteiger partial charge in [-0.3, -0.25) is 9.59 Å². The van der Waals surface area contributed by atoms with Gasteiger partial charge in [0.2, 0.25) is 5.91 Å². The van der Waals surface area contributed by atoms with Crippen molar-refractivity contribution in [1.29, 1.82) is 0 Å². The highest BCUT2D eigenvalue weighted by atomic mass is 35.5. The number of nitrogens with zero attached hydrogens (tertiary/aromatic N) is 2. The number of aliphatic hydroxyl groups is 1. The van der Waals surface area contributed by atoms with Crippen LogP contribution in [0.5, 0.6) is 0 Å². The molecule has 0 aliphatic heterocycles. The van der Waals surface area contributed by atoms with Crippen molar-refractivity contribution in [3.63, 3.8) is 0 Å². The van der Waals surface area contributed by atoms with Crippen LogP contribution >= 0.6 is 11.6 Å². The van der Waals surface area contributed by atoms with Gasteiger partial charge in [0.15, 0.2) is 0 Å². The molecule has 0 saturated carbocycles. The van der Waals surface area contributed by atoms with Gasteiger partial charge in [-0.05, 0) is 56.4 Å². The molecule has 3 N–H and O–H groups in total. The van der Waals surface area contributed by atoms with Crippen molar-refractivity contribution < 1.29 is 27.9 Å². The quantitative estimate of drug-likeness (QED) is 0.245. The summed E-state index contributed by atoms with van der Waals surface area (Å²) in [4.78, 5) is 29.1. The largest absolute Gasteiger partial charge is 0.396 e. The average molecular weight is 593 g/mol. The molecule has 2 aromatic carbocycles. The number of carbonyl (C=O) groups excluding carboxylic acids is 2. The number of imidazole rings is 1. The molecule has 222 valence electrons. The highest BCUT2D eigenvalue weighted by Gasteiger charge is 2.36. The van der Waals surface area contributed by atoms with Crippen LogP contribution in [0.25, 0.3) is 11.3 Å². The van der Waals surface area contributed by atoms with Gasteiger partial charge in [-0.1, -0.05) is 48.9 Å². The van der Waals surface area contributed by atoms with Gasteiger partial charge in [-0.25, -0.2) is 4.98 Å². The van der Waals surface area contributed by atoms with E-state index in [1.54, 1.807) is 0 Å². The van der Waals surface area contributed by atoms with Gasteiger partial charge in [0.1, 0.15) is 5.82 Å². The molecular weight excluding hydrogens is 557 g/mol. The maximum atomic E-state index is 12.9. The number of nitrogens with one attached hydrogen (secondary N) is 2. The summed E-state index contributed by atoms with van der Waals surface area (Å²) in [5, 5.41) is 15.4. The number of carbonyl (C=O) groups is 2. The topological polar surface area (TPSA) is 96.2 Å². The van der Waals surface area contributed by atoms with Crippen molar-refractivity contribution in [2.75, 3.05) is 6.61 Å². The Bertz CT molecular complexity index is 1340. The average Bonchev–Trinajstić information content (AvgIpc) is 3.34. The molecule has 1 heterocycles. The number of halogens is 4. The van der Waals surface area contributed by atoms with Crippen LogP contribution in [0.4, 0.5) is 13.2 Å². The first-order chi connectivity index (χ1) is 19.3. The number of benzene rings is 2. The Hall–Kier alpha value is -3.37. The zero-order chi connectivity index (χ0) is 30.3. The number of aliphatic hydroxyl groups excluding tert-OH is 1. The van der Waals surface area contributed by atoms with Crippen molar-refractivity contribution >= 4 is 23.4 Å². The Morgan fingerprint density at radius 3 is 2.32 bits per heavy atom. The maximum Gasteiger partial charge on any atom is 0.391 e. The van der Waals surface area contributed by atoms with Gasteiger partial charge < -0.3 is 20.3 Å². The molecule has 7 nitrogen and oxygen atoms in total. The van der Waals surface area contributed by atoms with Gasteiger partial charge in [0.25, 0.3) is 5.91 Å². The van der Waals surface area contributed by atoms with Crippen molar-refractivity contribution in [1.82, 2.24) is 20.2 Å². The smallest absolute Gasteiger partial charge is 0.391 e. The molecular formula is C30H36ClF3N4O3. The second-order valence-corrected chi connectivity index (χ2v) is 10.6. The predicted octanol–water partition coefficient (Wildman–Crippen LogP) is 5.88. The Kier molecular flexibility index (Phi) is 11.0. The number of rotatable bonds is 12. The SMILES string of the molecule is CCn1cc(-c2ccc(C[C@@H](CCO)NC(=O)c3ccc(C[C@H](C)C(F)(F)F)c(Cl)c3)cc2)nc1[C@@H](C)NC(C)=O. The summed E-state index contributed by atoms with van der Waals surface area (Å²) >= 11 is 6.21. The van der Waals surface area contributed by atoms with Gasteiger partial charge in [-0.2, -0.15) is 13.2 Å². The lowest BCUT2D eigenvalue weighted by Crippen LogP contribution is -2.37. The van der Waals surface area contributed by atoms with Crippen LogP contribution in [0.1, 0.15) is 67.5 Å². The van der Waals surface area contributed by atoms with E-state index in [4.69, 9.17) is 16.6 Å². The summed E-state index contributed by atoms with van der Waals surface area (Å²) in [6.45, 7) is 7.01. The summed E-state index contributed by atoms with van der Waals surface area (Å²) in [5.74, 6) is -1.36. The number of amides is 2. The number of hydrogen-bond acceptors (Lipinski definition) is 4. The van der Waals surface area contributed by atoms with Gasteiger partial charge in [-0.15, -0.1) is 0 Å². The molecule has 1 aromatic heterocycles. The fraction of sp³-hybridized carbons (Fsp3) is 0.433. The molecule has 0 radical (unpaired) electrons. The maximum absolute atomic E-state index is 12.9. The van der Waals surface area contributed by atoms with E-state index < -0.39 is 18.0 Å². The van der Waals surface area contributed by atoms with Crippen molar-refractivity contribution in [3.05, 3.63) is 76.2 Å². The van der Waals surface area contributed by atoms with Crippen LogP contribution in [0.15, 0.2) is 48.7 Å². The molecule has 2 amide bonds. The summed E-state index contributed by atoms with van der Waals surface area (Å²) < 4.78 is 40.8. The Labute approximate surface area is 243 Å². The lowest BCUT2D eigenvalue weighted by molar-refractivity contribution is -0.169. The summed E-state index contributed by atoms with van der Waals surface area (Å²) in [7, 11) is 0. The van der Waals surface area contributed by atoms with E-state index in [0.717, 1.165) is 29.6 Å². The van der Waals surface area contributed by atoms with E-state index in [9.17, 15) is 27.9 Å². The fourth-order valence-corrected chi connectivity index (χ4v) is 4.84. The summed E-state index contributed by atoms with van der Waals surface area (Å²) in [5.41, 5.74) is 3.15. The lowest BCUT2D eigenvalue weighted by Gasteiger charge is -2.19. The molecule has 0 aliphatic carbocycles. The molecule has 3 rings (SSSR count). The van der Waals surface area contributed by atoms with E-state index >= 15 is 0 Å². The fourth-order valence-electron chi connectivity index (χ4n) is 4.58. The molecule has 0 spiro atoms. The molecule has 11 heteroatoms. The zero-order valence-corrected chi connectivity index (χ0v) is 24.3. The van der Waals surface area contributed by atoms with Crippen LogP contribution in [0, 0.1) is 5.92 Å². The van der Waals surface area contributed by atoms with E-state index in [1.165, 1.54) is 25.1 Å². The Balaban J connectivity index is 1.69. The first-order valence-corrected chi connectivity index (χ1v) is 13.9. The van der Waals surface area contributed by atoms with Crippen LogP contribution < -0.4 is 10.6 Å². The van der Waals surface area contributed by atoms with E-state index in [1.807, 2.05) is 48.9 Å². The molecule has 0 aliphatic rings. The Morgan fingerprint density at radius 2 is 1.76 bits per heavy atom. The Morgan fingerprint density at radius 1 is 1.07 bits per heavy atom. The van der Waals surface area contributed by atoms with Crippen molar-refractivity contribution in [2.24, 2.45) is 5.92 Å². The number of aryl methyl sites for hydroxylation is 1. The molecule has 0 unspecified atom stereocenters. The number of hydrogen-bond donors (Lipinski definition) is 3. The monoisotopic (exact) mass is 592 g/mol. The minimum absolute atomic E-state index is 0.100. The summed E-state index contributed by atoms with van der Waals surface area (Å²) in [6.07, 6.45) is -1.90. The first kappa shape index (κ1) is 32.1. The minimum Gasteiger partial charge on any atom is -0.396 e. The van der Waals surface area contributed by atoms with Crippen LogP contribution in [0.2, 0.25) is 5.02 Å². The third kappa shape index (κ3) is 8.81. The third-order valence-electron chi connectivity index (χ3n) is 6.90. The normalized spacial score (nSPS) is 13.9. The van der Waals surface area contributed by atoms with E-state index in [2.05, 4.69) is 10.6 Å². The second-order valence-electron chi connectivity index (χ2n) is 10.2. The van der Waals surface area contributed by atoms with Crippen molar-refractivity contribution in [2.45, 2.75) is 71.8 Å². The molecule has 0 saturated heterocycles. The molecule has 41 heavy (non-hydrogen) atoms. The van der Waals surface area contributed by atoms with Crippen LogP contribution in [0.3, 0.4) is 0 Å². The lowest BCUT2D eigenvalue weighted by atomic mass is 9.98. The summed E-state index contributed by atoms with van der Waals surface area (Å²) in [6, 6.07) is 11.4. The minimum atomic E-state index is -4.33. The van der Waals surface area contributed by atoms with E-state index in [-0.39, 0.29) is 41.6 Å². The molecule has 0 fully saturated rings. The third-order valence-corrected chi connectivity index (χ3v) is 7.25. The van der Waals surface area contributed by atoms with E-state index in [0.29, 0.717) is 24.9 Å². The standard InChI is InChI=1S/C30H36ClF3N4O3/c1-5-38-17-27(37-28(38)19(3)35-20(4)40)22-8-6-21(7-9-22)15-25(12-13-39)36-29(41)24-11-10-23(26(31)16-24)14-18(2)30(32,33)34/h6-11,16-19,25,39H,5,12-15H2,1-4H3,(H,35,40)(H,36,41)/t18-,19+,25+/m0/s1. The van der Waals surface area contributed by atoms with Crippen LogP contribution in [-0.4, -0.2) is 45.3 Å². The van der Waals surface area contributed by atoms with Gasteiger partial charge >= 0.3 is 6.18 Å². The van der Waals surface area contributed by atoms with Crippen LogP contribution in [-0.2, 0) is 24.2 Å². The van der Waals surface area contributed by atoms with Crippen molar-refractivity contribution in [3.8, 4) is 11.3 Å². The highest BCUT2D eigenvalue weighted by Crippen LogP contribution is 2.31. The molecule has 0 bridgehead atoms. The molecule has 3 atom stereocenters. The highest BCUT2D eigenvalue weighted by molar-refractivity contribution is 6.31. The second kappa shape index (κ2) is 14.0. The zero-order valence-electron chi connectivity index (χ0n) is 23.6. The number of aromatic nitrogens is 2. The van der Waals surface area contributed by atoms with Gasteiger partial charge in [0, 0.05) is 48.5 Å². The predicted molar refractivity (Wildman–Crippen MR) is 153 cm³/mol. The van der Waals surface area contributed by atoms with Gasteiger partial charge in [0.05, 0.1) is 17.7 Å². The molecule has 3 aromatic rings. The first-order valence-electron chi connectivity index (χ1n) is 13.5.